The van der Waals surface area contributed by atoms with Crippen molar-refractivity contribution in [3.63, 3.8) is 0 Å². The molecule has 0 spiro atoms. The number of hydrogen-bond acceptors (Lipinski definition) is 6. The fraction of sp³-hybridized carbons (Fsp3) is 0.560. The first kappa shape index (κ1) is 23.9. The summed E-state index contributed by atoms with van der Waals surface area (Å²) in [5, 5.41) is 7.90. The first-order valence-corrected chi connectivity index (χ1v) is 12.7. The largest absolute Gasteiger partial charge is 0.379 e. The monoisotopic (exact) mass is 520 g/mol. The zero-order valence-corrected chi connectivity index (χ0v) is 20.9. The topological polar surface area (TPSA) is 68.1 Å². The molecule has 2 aliphatic heterocycles. The van der Waals surface area contributed by atoms with Crippen molar-refractivity contribution in [3.05, 3.63) is 40.8 Å². The van der Waals surface area contributed by atoms with Gasteiger partial charge in [0.25, 0.3) is 5.92 Å². The Bertz CT molecular complexity index is 1300. The van der Waals surface area contributed by atoms with E-state index < -0.39 is 18.1 Å². The highest BCUT2D eigenvalue weighted by Crippen LogP contribution is 2.53. The molecule has 3 aliphatic rings. The van der Waals surface area contributed by atoms with Crippen molar-refractivity contribution in [1.29, 1.82) is 0 Å². The van der Waals surface area contributed by atoms with Crippen molar-refractivity contribution in [1.82, 2.24) is 24.6 Å². The van der Waals surface area contributed by atoms with Gasteiger partial charge in [-0.15, -0.1) is 0 Å². The quantitative estimate of drug-likeness (QED) is 0.494. The number of nitrogens with one attached hydrogen (secondary N) is 1. The SMILES string of the molecule is Cc1cc2cnc(Nc3cnn(C4CC4(F)F)c3Cl)nc2cc1[C@H]1CCN([C@H]2COC[C@H]2C)C[C@@H]1F. The summed E-state index contributed by atoms with van der Waals surface area (Å²) < 4.78 is 49.1. The van der Waals surface area contributed by atoms with Gasteiger partial charge in [-0.2, -0.15) is 5.10 Å². The lowest BCUT2D eigenvalue weighted by molar-refractivity contribution is 0.0657. The van der Waals surface area contributed by atoms with E-state index in [2.05, 4.69) is 32.2 Å². The summed E-state index contributed by atoms with van der Waals surface area (Å²) in [5.74, 6) is -2.31. The highest BCUT2D eigenvalue weighted by molar-refractivity contribution is 6.32. The molecule has 1 aliphatic carbocycles. The summed E-state index contributed by atoms with van der Waals surface area (Å²) in [6.07, 6.45) is 2.55. The van der Waals surface area contributed by atoms with Gasteiger partial charge in [0.15, 0.2) is 5.15 Å². The van der Waals surface area contributed by atoms with Crippen LogP contribution >= 0.6 is 11.6 Å². The lowest BCUT2D eigenvalue weighted by Gasteiger charge is -2.39. The maximum Gasteiger partial charge on any atom is 0.272 e. The smallest absolute Gasteiger partial charge is 0.272 e. The van der Waals surface area contributed by atoms with Crippen LogP contribution in [-0.2, 0) is 4.74 Å². The number of alkyl halides is 3. The Hall–Kier alpha value is -2.43. The zero-order valence-electron chi connectivity index (χ0n) is 20.1. The molecule has 4 heterocycles. The third-order valence-corrected chi connectivity index (χ3v) is 8.18. The number of ether oxygens (including phenoxy) is 1. The molecule has 3 aromatic rings. The number of aromatic nitrogens is 4. The second-order valence-corrected chi connectivity index (χ2v) is 10.7. The number of halogens is 4. The van der Waals surface area contributed by atoms with E-state index in [4.69, 9.17) is 16.3 Å². The number of benzene rings is 1. The second kappa shape index (κ2) is 8.85. The first-order chi connectivity index (χ1) is 17.2. The van der Waals surface area contributed by atoms with Gasteiger partial charge in [0.05, 0.1) is 30.6 Å². The number of fused-ring (bicyclic) bond motifs is 1. The minimum absolute atomic E-state index is 0.0829. The van der Waals surface area contributed by atoms with Crippen molar-refractivity contribution in [2.75, 3.05) is 31.6 Å². The molecule has 2 aromatic heterocycles. The van der Waals surface area contributed by atoms with Crippen LogP contribution in [0.1, 0.15) is 42.9 Å². The summed E-state index contributed by atoms with van der Waals surface area (Å²) >= 11 is 6.28. The molecular formula is C25H28ClF3N6O. The molecule has 1 unspecified atom stereocenters. The van der Waals surface area contributed by atoms with Crippen LogP contribution in [0.25, 0.3) is 10.9 Å². The van der Waals surface area contributed by atoms with E-state index in [-0.39, 0.29) is 29.5 Å². The van der Waals surface area contributed by atoms with E-state index in [1.807, 2.05) is 19.1 Å². The fourth-order valence-corrected chi connectivity index (χ4v) is 5.85. The van der Waals surface area contributed by atoms with Gasteiger partial charge in [-0.1, -0.05) is 18.5 Å². The molecule has 3 fully saturated rings. The minimum Gasteiger partial charge on any atom is -0.379 e. The Morgan fingerprint density at radius 2 is 2.03 bits per heavy atom. The molecule has 192 valence electrons. The molecule has 5 atom stereocenters. The third kappa shape index (κ3) is 4.22. The molecule has 0 amide bonds. The van der Waals surface area contributed by atoms with Gasteiger partial charge >= 0.3 is 0 Å². The summed E-state index contributed by atoms with van der Waals surface area (Å²) in [7, 11) is 0. The molecule has 1 saturated carbocycles. The molecule has 7 nitrogen and oxygen atoms in total. The van der Waals surface area contributed by atoms with E-state index in [9.17, 15) is 8.78 Å². The molecule has 1 N–H and O–H groups in total. The van der Waals surface area contributed by atoms with Crippen LogP contribution in [-0.4, -0.2) is 69.1 Å². The molecule has 2 saturated heterocycles. The molecule has 1 aromatic carbocycles. The molecule has 6 rings (SSSR count). The van der Waals surface area contributed by atoms with Crippen molar-refractivity contribution in [3.8, 4) is 0 Å². The van der Waals surface area contributed by atoms with Crippen LogP contribution in [0.3, 0.4) is 0 Å². The van der Waals surface area contributed by atoms with Gasteiger partial charge in [-0.3, -0.25) is 4.90 Å². The lowest BCUT2D eigenvalue weighted by atomic mass is 9.84. The summed E-state index contributed by atoms with van der Waals surface area (Å²) in [4.78, 5) is 11.2. The molecular weight excluding hydrogens is 493 g/mol. The van der Waals surface area contributed by atoms with Crippen LogP contribution in [0, 0.1) is 12.8 Å². The van der Waals surface area contributed by atoms with E-state index in [0.29, 0.717) is 30.3 Å². The van der Waals surface area contributed by atoms with Crippen LogP contribution in [0.5, 0.6) is 0 Å². The number of likely N-dealkylation sites (tertiary alicyclic amines) is 1. The van der Waals surface area contributed by atoms with E-state index in [1.54, 1.807) is 6.20 Å². The van der Waals surface area contributed by atoms with Gasteiger partial charge in [0.1, 0.15) is 12.2 Å². The Kier molecular flexibility index (Phi) is 5.88. The first-order valence-electron chi connectivity index (χ1n) is 12.3. The zero-order chi connectivity index (χ0) is 25.2. The van der Waals surface area contributed by atoms with Gasteiger partial charge in [-0.25, -0.2) is 27.8 Å². The fourth-order valence-electron chi connectivity index (χ4n) is 5.60. The van der Waals surface area contributed by atoms with Gasteiger partial charge in [0.2, 0.25) is 5.95 Å². The summed E-state index contributed by atoms with van der Waals surface area (Å²) in [6, 6.07) is 3.20. The third-order valence-electron chi connectivity index (χ3n) is 7.80. The second-order valence-electron chi connectivity index (χ2n) is 10.3. The highest BCUT2D eigenvalue weighted by Gasteiger charge is 2.59. The van der Waals surface area contributed by atoms with Crippen molar-refractivity contribution in [2.24, 2.45) is 5.92 Å². The predicted octanol–water partition coefficient (Wildman–Crippen LogP) is 5.27. The Labute approximate surface area is 212 Å². The Morgan fingerprint density at radius 1 is 1.22 bits per heavy atom. The summed E-state index contributed by atoms with van der Waals surface area (Å²) in [6.45, 7) is 6.80. The number of piperidine rings is 1. The van der Waals surface area contributed by atoms with Crippen LogP contribution in [0.4, 0.5) is 24.8 Å². The Morgan fingerprint density at radius 3 is 2.72 bits per heavy atom. The summed E-state index contributed by atoms with van der Waals surface area (Å²) in [5.41, 5.74) is 3.00. The standard InChI is InChI=1S/C25H28ClF3N6O/c1-13-5-15-8-30-24(33-20-9-31-35(23(20)26)22-7-25(22,28)29)32-19(15)6-17(13)16-3-4-34(10-18(16)27)21-12-36-11-14(21)2/h5-6,8-9,14,16,18,21-22H,3-4,7,10-12H2,1-2H3,(H,30,32,33)/t14-,16-,18+,21+,22?/m1/s1. The maximum atomic E-state index is 15.5. The van der Waals surface area contributed by atoms with Crippen molar-refractivity contribution in [2.45, 2.75) is 56.8 Å². The number of rotatable bonds is 5. The Balaban J connectivity index is 1.22. The average Bonchev–Trinajstić information content (AvgIpc) is 3.12. The van der Waals surface area contributed by atoms with Crippen LogP contribution in [0.2, 0.25) is 5.15 Å². The van der Waals surface area contributed by atoms with E-state index in [1.165, 1.54) is 6.20 Å². The van der Waals surface area contributed by atoms with E-state index in [0.717, 1.165) is 40.8 Å². The molecule has 36 heavy (non-hydrogen) atoms. The predicted molar refractivity (Wildman–Crippen MR) is 131 cm³/mol. The number of nitrogens with zero attached hydrogens (tertiary/aromatic N) is 5. The van der Waals surface area contributed by atoms with Gasteiger partial charge < -0.3 is 10.1 Å². The average molecular weight is 521 g/mol. The maximum absolute atomic E-state index is 15.5. The van der Waals surface area contributed by atoms with Gasteiger partial charge in [0, 0.05) is 36.5 Å². The molecule has 11 heteroatoms. The van der Waals surface area contributed by atoms with E-state index >= 15 is 4.39 Å². The van der Waals surface area contributed by atoms with Crippen LogP contribution < -0.4 is 5.32 Å². The minimum atomic E-state index is -2.78. The molecule has 0 radical (unpaired) electrons. The number of aryl methyl sites for hydroxylation is 1. The van der Waals surface area contributed by atoms with Crippen molar-refractivity contribution < 1.29 is 17.9 Å². The normalized spacial score (nSPS) is 30.1. The highest BCUT2D eigenvalue weighted by atomic mass is 35.5. The number of hydrogen-bond donors (Lipinski definition) is 1. The lowest BCUT2D eigenvalue weighted by Crippen LogP contribution is -2.48. The molecule has 0 bridgehead atoms. The number of anilines is 2. The van der Waals surface area contributed by atoms with Gasteiger partial charge in [-0.05, 0) is 49.1 Å². The van der Waals surface area contributed by atoms with Crippen LogP contribution in [0.15, 0.2) is 24.5 Å². The van der Waals surface area contributed by atoms with Crippen molar-refractivity contribution >= 4 is 34.1 Å².